The van der Waals surface area contributed by atoms with Crippen molar-refractivity contribution >= 4 is 11.9 Å². The number of carbonyl (C=O) groups is 2. The van der Waals surface area contributed by atoms with Crippen LogP contribution in [0.4, 0.5) is 0 Å². The minimum atomic E-state index is -0.563. The summed E-state index contributed by atoms with van der Waals surface area (Å²) in [4.78, 5) is 35.4. The zero-order valence-corrected chi connectivity index (χ0v) is 16.7. The van der Waals surface area contributed by atoms with Gasteiger partial charge in [-0.15, -0.1) is 0 Å². The number of hydrogen-bond donors (Lipinski definition) is 1. The number of carbonyl (C=O) groups excluding carboxylic acids is 2. The molecule has 0 aliphatic carbocycles. The number of hydrogen-bond acceptors (Lipinski definition) is 8. The van der Waals surface area contributed by atoms with Crippen LogP contribution in [0, 0.1) is 0 Å². The second kappa shape index (κ2) is 10.1. The van der Waals surface area contributed by atoms with Gasteiger partial charge in [-0.1, -0.05) is 0 Å². The van der Waals surface area contributed by atoms with Crippen LogP contribution in [0.1, 0.15) is 6.92 Å². The first-order valence-electron chi connectivity index (χ1n) is 8.74. The summed E-state index contributed by atoms with van der Waals surface area (Å²) in [5, 5.41) is 6.61. The maximum Gasteiger partial charge on any atom is 0.325 e. The first-order valence-corrected chi connectivity index (χ1v) is 8.74. The van der Waals surface area contributed by atoms with Crippen LogP contribution in [0.3, 0.4) is 0 Å². The molecule has 0 bridgehead atoms. The number of amides is 1. The van der Waals surface area contributed by atoms with Crippen molar-refractivity contribution in [3.63, 3.8) is 0 Å². The van der Waals surface area contributed by atoms with Gasteiger partial charge < -0.3 is 24.3 Å². The molecule has 0 aliphatic heterocycles. The van der Waals surface area contributed by atoms with Crippen molar-refractivity contribution < 1.29 is 28.5 Å². The lowest BCUT2D eigenvalue weighted by molar-refractivity contribution is -0.143. The molecular weight excluding hydrogens is 382 g/mol. The predicted octanol–water partition coefficient (Wildman–Crippen LogP) is 0.615. The Morgan fingerprint density at radius 2 is 1.72 bits per heavy atom. The van der Waals surface area contributed by atoms with E-state index >= 15 is 0 Å². The van der Waals surface area contributed by atoms with E-state index in [1.54, 1.807) is 19.1 Å². The molecule has 10 nitrogen and oxygen atoms in total. The highest BCUT2D eigenvalue weighted by molar-refractivity contribution is 5.81. The van der Waals surface area contributed by atoms with Crippen LogP contribution < -0.4 is 25.1 Å². The van der Waals surface area contributed by atoms with Gasteiger partial charge in [0, 0.05) is 11.6 Å². The summed E-state index contributed by atoms with van der Waals surface area (Å²) in [6, 6.07) is 6.18. The van der Waals surface area contributed by atoms with Crippen molar-refractivity contribution in [2.45, 2.75) is 13.5 Å². The average Bonchev–Trinajstić information content (AvgIpc) is 2.72. The Kier molecular flexibility index (Phi) is 7.58. The Labute approximate surface area is 167 Å². The Morgan fingerprint density at radius 1 is 1.07 bits per heavy atom. The molecule has 0 atom stereocenters. The van der Waals surface area contributed by atoms with Crippen LogP contribution in [0.5, 0.6) is 17.2 Å². The summed E-state index contributed by atoms with van der Waals surface area (Å²) in [5.74, 6) is 0.162. The van der Waals surface area contributed by atoms with Crippen LogP contribution in [0.15, 0.2) is 29.1 Å². The number of benzene rings is 1. The van der Waals surface area contributed by atoms with E-state index in [1.165, 1.54) is 33.5 Å². The summed E-state index contributed by atoms with van der Waals surface area (Å²) in [6.07, 6.45) is 0. The van der Waals surface area contributed by atoms with Crippen LogP contribution in [0.25, 0.3) is 11.3 Å². The molecule has 0 aliphatic rings. The number of nitrogens with one attached hydrogen (secondary N) is 1. The summed E-state index contributed by atoms with van der Waals surface area (Å²) in [6.45, 7) is 1.24. The smallest absolute Gasteiger partial charge is 0.325 e. The Balaban J connectivity index is 2.28. The first kappa shape index (κ1) is 21.7. The number of esters is 1. The fourth-order valence-corrected chi connectivity index (χ4v) is 2.52. The highest BCUT2D eigenvalue weighted by Gasteiger charge is 2.16. The van der Waals surface area contributed by atoms with E-state index in [2.05, 4.69) is 10.4 Å². The van der Waals surface area contributed by atoms with Crippen molar-refractivity contribution in [2.24, 2.45) is 0 Å². The molecule has 10 heteroatoms. The Morgan fingerprint density at radius 3 is 2.28 bits per heavy atom. The molecule has 156 valence electrons. The SMILES string of the molecule is CCOC(=O)CNC(=O)Cn1nc(-c2cc(OC)c(OC)c(OC)c2)ccc1=O. The number of aromatic nitrogens is 2. The van der Waals surface area contributed by atoms with Crippen LogP contribution in [-0.4, -0.2) is 56.1 Å². The first-order chi connectivity index (χ1) is 13.9. The molecule has 2 rings (SSSR count). The number of methoxy groups -OCH3 is 3. The van der Waals surface area contributed by atoms with E-state index < -0.39 is 17.4 Å². The Hall–Kier alpha value is -3.56. The largest absolute Gasteiger partial charge is 0.493 e. The van der Waals surface area contributed by atoms with Gasteiger partial charge in [-0.3, -0.25) is 14.4 Å². The third-order valence-corrected chi connectivity index (χ3v) is 3.86. The van der Waals surface area contributed by atoms with Crippen LogP contribution >= 0.6 is 0 Å². The molecule has 0 spiro atoms. The van der Waals surface area contributed by atoms with Crippen molar-refractivity contribution in [2.75, 3.05) is 34.5 Å². The van der Waals surface area contributed by atoms with Gasteiger partial charge in [0.2, 0.25) is 11.7 Å². The number of nitrogens with zero attached hydrogens (tertiary/aromatic N) is 2. The highest BCUT2D eigenvalue weighted by atomic mass is 16.5. The van der Waals surface area contributed by atoms with E-state index in [0.29, 0.717) is 28.5 Å². The van der Waals surface area contributed by atoms with Crippen molar-refractivity contribution in [1.29, 1.82) is 0 Å². The molecule has 1 heterocycles. The molecule has 1 N–H and O–H groups in total. The van der Waals surface area contributed by atoms with Crippen molar-refractivity contribution in [1.82, 2.24) is 15.1 Å². The van der Waals surface area contributed by atoms with Gasteiger partial charge in [-0.25, -0.2) is 4.68 Å². The molecule has 0 saturated heterocycles. The van der Waals surface area contributed by atoms with Crippen molar-refractivity contribution in [3.05, 3.63) is 34.6 Å². The maximum atomic E-state index is 12.1. The molecule has 0 radical (unpaired) electrons. The normalized spacial score (nSPS) is 10.2. The standard InChI is InChI=1S/C19H23N3O7/c1-5-29-18(25)10-20-16(23)11-22-17(24)7-6-13(21-22)12-8-14(26-2)19(28-4)15(9-12)27-3/h6-9H,5,10-11H2,1-4H3,(H,20,23). The monoisotopic (exact) mass is 405 g/mol. The van der Waals surface area contributed by atoms with Gasteiger partial charge in [-0.2, -0.15) is 5.10 Å². The minimum absolute atomic E-state index is 0.215. The fraction of sp³-hybridized carbons (Fsp3) is 0.368. The molecule has 0 saturated carbocycles. The van der Waals surface area contributed by atoms with Crippen LogP contribution in [0.2, 0.25) is 0 Å². The minimum Gasteiger partial charge on any atom is -0.493 e. The summed E-state index contributed by atoms with van der Waals surface area (Å²) in [5.41, 5.74) is 0.551. The average molecular weight is 405 g/mol. The molecule has 2 aromatic rings. The lowest BCUT2D eigenvalue weighted by Gasteiger charge is -2.14. The van der Waals surface area contributed by atoms with E-state index in [9.17, 15) is 14.4 Å². The van der Waals surface area contributed by atoms with E-state index in [0.717, 1.165) is 4.68 Å². The molecule has 1 aromatic heterocycles. The second-order valence-electron chi connectivity index (χ2n) is 5.71. The molecule has 1 aromatic carbocycles. The van der Waals surface area contributed by atoms with Gasteiger partial charge in [0.15, 0.2) is 11.5 Å². The zero-order valence-electron chi connectivity index (χ0n) is 16.7. The summed E-state index contributed by atoms with van der Waals surface area (Å²) < 4.78 is 21.7. The lowest BCUT2D eigenvalue weighted by atomic mass is 10.1. The maximum absolute atomic E-state index is 12.1. The molecule has 29 heavy (non-hydrogen) atoms. The fourth-order valence-electron chi connectivity index (χ4n) is 2.52. The van der Waals surface area contributed by atoms with Gasteiger partial charge in [0.05, 0.1) is 33.6 Å². The van der Waals surface area contributed by atoms with Gasteiger partial charge in [-0.05, 0) is 25.1 Å². The van der Waals surface area contributed by atoms with Crippen LogP contribution in [-0.2, 0) is 20.9 Å². The number of ether oxygens (including phenoxy) is 4. The quantitative estimate of drug-likeness (QED) is 0.603. The van der Waals surface area contributed by atoms with Gasteiger partial charge >= 0.3 is 5.97 Å². The molecule has 0 unspecified atom stereocenters. The number of rotatable bonds is 9. The second-order valence-corrected chi connectivity index (χ2v) is 5.71. The van der Waals surface area contributed by atoms with Gasteiger partial charge in [0.25, 0.3) is 5.56 Å². The molecule has 1 amide bonds. The zero-order chi connectivity index (χ0) is 21.4. The topological polar surface area (TPSA) is 118 Å². The van der Waals surface area contributed by atoms with E-state index in [4.69, 9.17) is 18.9 Å². The highest BCUT2D eigenvalue weighted by Crippen LogP contribution is 2.40. The van der Waals surface area contributed by atoms with E-state index in [-0.39, 0.29) is 19.7 Å². The Bertz CT molecular complexity index is 915. The third-order valence-electron chi connectivity index (χ3n) is 3.86. The summed E-state index contributed by atoms with van der Waals surface area (Å²) >= 11 is 0. The lowest BCUT2D eigenvalue weighted by Crippen LogP contribution is -2.36. The van der Waals surface area contributed by atoms with Crippen molar-refractivity contribution in [3.8, 4) is 28.5 Å². The molecular formula is C19H23N3O7. The molecule has 0 fully saturated rings. The third kappa shape index (κ3) is 5.47. The van der Waals surface area contributed by atoms with E-state index in [1.807, 2.05) is 0 Å². The predicted molar refractivity (Wildman–Crippen MR) is 103 cm³/mol. The van der Waals surface area contributed by atoms with Gasteiger partial charge in [0.1, 0.15) is 13.1 Å². The summed E-state index contributed by atoms with van der Waals surface area (Å²) in [7, 11) is 4.47.